The lowest BCUT2D eigenvalue weighted by Crippen LogP contribution is -2.52. The summed E-state index contributed by atoms with van der Waals surface area (Å²) in [6.45, 7) is 4.32. The Hall–Kier alpha value is -0.410. The highest BCUT2D eigenvalue weighted by atomic mass is 16.1. The highest BCUT2D eigenvalue weighted by Crippen LogP contribution is 2.17. The van der Waals surface area contributed by atoms with Gasteiger partial charge in [-0.2, -0.15) is 0 Å². The first kappa shape index (κ1) is 11.1. The Morgan fingerprint density at radius 2 is 1.13 bits per heavy atom. The predicted octanol–water partition coefficient (Wildman–Crippen LogP) is 1.39. The minimum Gasteiger partial charge on any atom is -0.287 e. The van der Waals surface area contributed by atoms with Crippen LogP contribution in [0.25, 0.3) is 0 Å². The third-order valence-electron chi connectivity index (χ3n) is 3.58. The standard InChI is InChI=1S/C12H21N2O/c15-11-12(13-7-3-1-4-8-13)14-9-5-2-6-10-14/h12H,1-10H2. The molecule has 2 rings (SSSR count). The lowest BCUT2D eigenvalue weighted by Gasteiger charge is -2.39. The van der Waals surface area contributed by atoms with E-state index in [1.54, 1.807) is 0 Å². The van der Waals surface area contributed by atoms with E-state index in [0.29, 0.717) is 0 Å². The number of carbonyl (C=O) groups excluding carboxylic acids is 1. The maximum atomic E-state index is 11.1. The zero-order chi connectivity index (χ0) is 10.5. The zero-order valence-electron chi connectivity index (χ0n) is 9.45. The van der Waals surface area contributed by atoms with E-state index < -0.39 is 0 Å². The molecular weight excluding hydrogens is 188 g/mol. The first-order valence-electron chi connectivity index (χ1n) is 6.27. The summed E-state index contributed by atoms with van der Waals surface area (Å²) in [5, 5.41) is 0. The molecule has 0 aromatic rings. The van der Waals surface area contributed by atoms with Crippen molar-refractivity contribution in [3.63, 3.8) is 0 Å². The van der Waals surface area contributed by atoms with Crippen molar-refractivity contribution >= 4 is 6.29 Å². The molecule has 1 radical (unpaired) electrons. The Balaban J connectivity index is 1.91. The fraction of sp³-hybridized carbons (Fsp3) is 0.917. The van der Waals surface area contributed by atoms with Crippen LogP contribution in [-0.4, -0.2) is 48.4 Å². The van der Waals surface area contributed by atoms with Crippen LogP contribution in [0.4, 0.5) is 0 Å². The molecule has 0 aromatic heterocycles. The fourth-order valence-electron chi connectivity index (χ4n) is 2.71. The summed E-state index contributed by atoms with van der Waals surface area (Å²) < 4.78 is 0. The van der Waals surface area contributed by atoms with Gasteiger partial charge in [0, 0.05) is 26.2 Å². The van der Waals surface area contributed by atoms with E-state index >= 15 is 0 Å². The normalized spacial score (nSPS) is 25.7. The third kappa shape index (κ3) is 2.79. The van der Waals surface area contributed by atoms with Crippen LogP contribution in [0.5, 0.6) is 0 Å². The van der Waals surface area contributed by atoms with Crippen LogP contribution >= 0.6 is 0 Å². The SMILES string of the molecule is O=[C]C(N1CCCCC1)N1CCCCC1. The van der Waals surface area contributed by atoms with Crippen molar-refractivity contribution in [3.05, 3.63) is 0 Å². The summed E-state index contributed by atoms with van der Waals surface area (Å²) in [6, 6.07) is 0. The molecule has 0 amide bonds. The Labute approximate surface area is 92.4 Å². The lowest BCUT2D eigenvalue weighted by atomic mass is 10.1. The number of likely N-dealkylation sites (tertiary alicyclic amines) is 2. The predicted molar refractivity (Wildman–Crippen MR) is 60.3 cm³/mol. The van der Waals surface area contributed by atoms with Crippen LogP contribution in [0, 0.1) is 0 Å². The van der Waals surface area contributed by atoms with Gasteiger partial charge in [-0.3, -0.25) is 14.6 Å². The van der Waals surface area contributed by atoms with Crippen molar-refractivity contribution in [3.8, 4) is 0 Å². The average molecular weight is 209 g/mol. The molecule has 0 N–H and O–H groups in total. The van der Waals surface area contributed by atoms with Crippen LogP contribution in [0.3, 0.4) is 0 Å². The first-order valence-corrected chi connectivity index (χ1v) is 6.27. The van der Waals surface area contributed by atoms with Crippen LogP contribution in [-0.2, 0) is 4.79 Å². The van der Waals surface area contributed by atoms with Gasteiger partial charge >= 0.3 is 0 Å². The summed E-state index contributed by atoms with van der Waals surface area (Å²) in [4.78, 5) is 15.7. The Morgan fingerprint density at radius 1 is 0.733 bits per heavy atom. The van der Waals surface area contributed by atoms with Crippen LogP contribution in [0.2, 0.25) is 0 Å². The van der Waals surface area contributed by atoms with E-state index in [9.17, 15) is 4.79 Å². The highest BCUT2D eigenvalue weighted by molar-refractivity contribution is 5.58. The summed E-state index contributed by atoms with van der Waals surface area (Å²) in [5.41, 5.74) is 0. The smallest absolute Gasteiger partial charge is 0.233 e. The van der Waals surface area contributed by atoms with Gasteiger partial charge in [0.25, 0.3) is 0 Å². The van der Waals surface area contributed by atoms with Gasteiger partial charge in [-0.1, -0.05) is 12.8 Å². The summed E-state index contributed by atoms with van der Waals surface area (Å²) in [5.74, 6) is 0. The van der Waals surface area contributed by atoms with E-state index in [-0.39, 0.29) is 6.17 Å². The van der Waals surface area contributed by atoms with Crippen molar-refractivity contribution in [1.82, 2.24) is 9.80 Å². The maximum Gasteiger partial charge on any atom is 0.233 e. The van der Waals surface area contributed by atoms with Crippen molar-refractivity contribution in [2.75, 3.05) is 26.2 Å². The fourth-order valence-corrected chi connectivity index (χ4v) is 2.71. The van der Waals surface area contributed by atoms with E-state index in [1.165, 1.54) is 38.5 Å². The molecule has 3 nitrogen and oxygen atoms in total. The van der Waals surface area contributed by atoms with E-state index in [0.717, 1.165) is 26.2 Å². The first-order chi connectivity index (χ1) is 7.42. The molecule has 2 aliphatic rings. The number of piperidine rings is 2. The van der Waals surface area contributed by atoms with Gasteiger partial charge in [0.1, 0.15) is 6.17 Å². The zero-order valence-corrected chi connectivity index (χ0v) is 9.45. The average Bonchev–Trinajstić information content (AvgIpc) is 2.33. The largest absolute Gasteiger partial charge is 0.287 e. The molecule has 0 bridgehead atoms. The van der Waals surface area contributed by atoms with E-state index in [4.69, 9.17) is 0 Å². The van der Waals surface area contributed by atoms with Crippen LogP contribution in [0.1, 0.15) is 38.5 Å². The molecule has 2 fully saturated rings. The van der Waals surface area contributed by atoms with Gasteiger partial charge in [0.15, 0.2) is 0 Å². The van der Waals surface area contributed by atoms with Gasteiger partial charge in [0.2, 0.25) is 6.29 Å². The second-order valence-electron chi connectivity index (χ2n) is 4.68. The quantitative estimate of drug-likeness (QED) is 0.702. The van der Waals surface area contributed by atoms with Gasteiger partial charge in [-0.05, 0) is 25.7 Å². The van der Waals surface area contributed by atoms with Gasteiger partial charge < -0.3 is 0 Å². The molecule has 0 unspecified atom stereocenters. The lowest BCUT2D eigenvalue weighted by molar-refractivity contribution is 0.0579. The van der Waals surface area contributed by atoms with Gasteiger partial charge in [-0.15, -0.1) is 0 Å². The topological polar surface area (TPSA) is 23.6 Å². The summed E-state index contributed by atoms with van der Waals surface area (Å²) in [7, 11) is 0. The molecule has 2 heterocycles. The summed E-state index contributed by atoms with van der Waals surface area (Å²) in [6.07, 6.45) is 9.80. The van der Waals surface area contributed by atoms with Gasteiger partial charge in [-0.25, -0.2) is 0 Å². The molecular formula is C12H21N2O. The molecule has 0 saturated carbocycles. The third-order valence-corrected chi connectivity index (χ3v) is 3.58. The molecule has 0 aromatic carbocycles. The van der Waals surface area contributed by atoms with Crippen molar-refractivity contribution < 1.29 is 4.79 Å². The van der Waals surface area contributed by atoms with Gasteiger partial charge in [0.05, 0.1) is 0 Å². The Morgan fingerprint density at radius 3 is 1.47 bits per heavy atom. The second-order valence-corrected chi connectivity index (χ2v) is 4.68. The minimum atomic E-state index is -0.0504. The molecule has 85 valence electrons. The monoisotopic (exact) mass is 209 g/mol. The highest BCUT2D eigenvalue weighted by Gasteiger charge is 2.27. The number of nitrogens with zero attached hydrogens (tertiary/aromatic N) is 2. The van der Waals surface area contributed by atoms with E-state index in [1.807, 2.05) is 0 Å². The molecule has 2 saturated heterocycles. The molecule has 2 aliphatic heterocycles. The van der Waals surface area contributed by atoms with Crippen LogP contribution < -0.4 is 0 Å². The molecule has 3 heteroatoms. The number of hydrogen-bond acceptors (Lipinski definition) is 3. The van der Waals surface area contributed by atoms with Crippen LogP contribution in [0.15, 0.2) is 0 Å². The maximum absolute atomic E-state index is 11.1. The molecule has 0 aliphatic carbocycles. The number of hydrogen-bond donors (Lipinski definition) is 0. The second kappa shape index (κ2) is 5.61. The van der Waals surface area contributed by atoms with Crippen molar-refractivity contribution in [1.29, 1.82) is 0 Å². The Bertz CT molecular complexity index is 178. The number of rotatable bonds is 3. The molecule has 0 spiro atoms. The van der Waals surface area contributed by atoms with Crippen molar-refractivity contribution in [2.45, 2.75) is 44.7 Å². The Kier molecular flexibility index (Phi) is 4.15. The summed E-state index contributed by atoms with van der Waals surface area (Å²) >= 11 is 0. The minimum absolute atomic E-state index is 0.0504. The van der Waals surface area contributed by atoms with E-state index in [2.05, 4.69) is 16.1 Å². The molecule has 0 atom stereocenters. The van der Waals surface area contributed by atoms with Crippen molar-refractivity contribution in [2.24, 2.45) is 0 Å². The molecule has 15 heavy (non-hydrogen) atoms.